The van der Waals surface area contributed by atoms with Gasteiger partial charge in [0.05, 0.1) is 18.4 Å². The van der Waals surface area contributed by atoms with Crippen LogP contribution in [0.2, 0.25) is 0 Å². The van der Waals surface area contributed by atoms with Crippen molar-refractivity contribution in [1.82, 2.24) is 4.90 Å². The average molecular weight is 305 g/mol. The zero-order valence-electron chi connectivity index (χ0n) is 13.3. The van der Waals surface area contributed by atoms with E-state index in [-0.39, 0.29) is 11.8 Å². The average Bonchev–Trinajstić information content (AvgIpc) is 2.54. The summed E-state index contributed by atoms with van der Waals surface area (Å²) < 4.78 is 5.14. The Hall–Kier alpha value is -2.04. The molecule has 2 rings (SSSR count). The summed E-state index contributed by atoms with van der Waals surface area (Å²) in [5.41, 5.74) is 0.293. The number of hydrogen-bond acceptors (Lipinski definition) is 3. The molecule has 1 amide bonds. The van der Waals surface area contributed by atoms with Crippen molar-refractivity contribution in [2.45, 2.75) is 32.1 Å². The molecule has 0 aromatic heterocycles. The summed E-state index contributed by atoms with van der Waals surface area (Å²) in [5.74, 6) is -0.287. The Labute approximate surface area is 130 Å². The molecule has 0 saturated carbocycles. The van der Waals surface area contributed by atoms with Crippen molar-refractivity contribution in [3.8, 4) is 5.75 Å². The van der Waals surface area contributed by atoms with E-state index in [1.807, 2.05) is 38.1 Å². The molecule has 0 unspecified atom stereocenters. The third-order valence-corrected chi connectivity index (χ3v) is 4.48. The van der Waals surface area contributed by atoms with Crippen LogP contribution >= 0.6 is 0 Å². The van der Waals surface area contributed by atoms with Crippen LogP contribution in [0.25, 0.3) is 0 Å². The molecule has 0 aliphatic carbocycles. The Kier molecular flexibility index (Phi) is 4.74. The highest BCUT2D eigenvalue weighted by Crippen LogP contribution is 2.29. The second-order valence-corrected chi connectivity index (χ2v) is 6.26. The van der Waals surface area contributed by atoms with Crippen LogP contribution < -0.4 is 4.74 Å². The number of carbonyl (C=O) groups excluding carboxylic acids is 1. The van der Waals surface area contributed by atoms with Crippen LogP contribution in [0, 0.1) is 5.92 Å². The number of amides is 1. The van der Waals surface area contributed by atoms with E-state index in [9.17, 15) is 9.59 Å². The number of carboxylic acid groups (broad SMARTS) is 1. The van der Waals surface area contributed by atoms with E-state index in [1.54, 1.807) is 12.0 Å². The van der Waals surface area contributed by atoms with Crippen molar-refractivity contribution in [2.24, 2.45) is 5.92 Å². The van der Waals surface area contributed by atoms with E-state index in [4.69, 9.17) is 9.84 Å². The fourth-order valence-electron chi connectivity index (χ4n) is 2.86. The molecule has 1 aliphatic rings. The lowest BCUT2D eigenvalue weighted by Gasteiger charge is -2.36. The van der Waals surface area contributed by atoms with Gasteiger partial charge < -0.3 is 14.7 Å². The lowest BCUT2D eigenvalue weighted by molar-refractivity contribution is -0.147. The standard InChI is InChI=1S/C17H23NO4/c1-17(2,13-4-6-14(22-3)7-5-13)16(21)18-10-8-12(9-11-18)15(19)20/h4-7,12H,8-11H2,1-3H3,(H,19,20). The maximum atomic E-state index is 12.8. The summed E-state index contributed by atoms with van der Waals surface area (Å²) in [5, 5.41) is 9.04. The molecule has 0 spiro atoms. The van der Waals surface area contributed by atoms with Crippen LogP contribution in [0.1, 0.15) is 32.3 Å². The van der Waals surface area contributed by atoms with Crippen LogP contribution in [0.5, 0.6) is 5.75 Å². The molecule has 22 heavy (non-hydrogen) atoms. The number of ether oxygens (including phenoxy) is 1. The number of aliphatic carboxylic acids is 1. The van der Waals surface area contributed by atoms with E-state index in [2.05, 4.69) is 0 Å². The predicted octanol–water partition coefficient (Wildman–Crippen LogP) is 2.30. The van der Waals surface area contributed by atoms with Crippen LogP contribution in [-0.2, 0) is 15.0 Å². The van der Waals surface area contributed by atoms with Gasteiger partial charge in [-0.15, -0.1) is 0 Å². The van der Waals surface area contributed by atoms with Gasteiger partial charge in [0, 0.05) is 13.1 Å². The number of carbonyl (C=O) groups is 2. The normalized spacial score (nSPS) is 16.4. The van der Waals surface area contributed by atoms with Crippen LogP contribution in [0.3, 0.4) is 0 Å². The molecule has 5 nitrogen and oxygen atoms in total. The van der Waals surface area contributed by atoms with Crippen molar-refractivity contribution in [3.05, 3.63) is 29.8 Å². The Bertz CT molecular complexity index is 542. The van der Waals surface area contributed by atoms with Crippen LogP contribution in [0.15, 0.2) is 24.3 Å². The molecule has 1 aliphatic heterocycles. The molecule has 120 valence electrons. The van der Waals surface area contributed by atoms with Crippen molar-refractivity contribution in [3.63, 3.8) is 0 Å². The molecule has 1 heterocycles. The van der Waals surface area contributed by atoms with E-state index >= 15 is 0 Å². The van der Waals surface area contributed by atoms with Gasteiger partial charge in [-0.3, -0.25) is 9.59 Å². The molecule has 1 aromatic carbocycles. The van der Waals surface area contributed by atoms with Gasteiger partial charge >= 0.3 is 5.97 Å². The van der Waals surface area contributed by atoms with Gasteiger partial charge in [-0.05, 0) is 44.4 Å². The first-order valence-electron chi connectivity index (χ1n) is 7.53. The number of rotatable bonds is 4. The van der Waals surface area contributed by atoms with Crippen molar-refractivity contribution >= 4 is 11.9 Å². The molecule has 5 heteroatoms. The maximum Gasteiger partial charge on any atom is 0.306 e. The number of hydrogen-bond donors (Lipinski definition) is 1. The summed E-state index contributed by atoms with van der Waals surface area (Å²) in [6.45, 7) is 4.83. The maximum absolute atomic E-state index is 12.8. The Morgan fingerprint density at radius 3 is 2.18 bits per heavy atom. The minimum Gasteiger partial charge on any atom is -0.497 e. The van der Waals surface area contributed by atoms with E-state index in [0.29, 0.717) is 25.9 Å². The summed E-state index contributed by atoms with van der Waals surface area (Å²) in [6, 6.07) is 7.50. The lowest BCUT2D eigenvalue weighted by atomic mass is 9.82. The number of likely N-dealkylation sites (tertiary alicyclic amines) is 1. The molecule has 1 fully saturated rings. The summed E-state index contributed by atoms with van der Waals surface area (Å²) in [6.07, 6.45) is 1.06. The predicted molar refractivity (Wildman–Crippen MR) is 83.0 cm³/mol. The van der Waals surface area contributed by atoms with Crippen molar-refractivity contribution in [1.29, 1.82) is 0 Å². The van der Waals surface area contributed by atoms with Gasteiger partial charge in [0.1, 0.15) is 5.75 Å². The molecular weight excluding hydrogens is 282 g/mol. The second kappa shape index (κ2) is 6.38. The minimum absolute atomic E-state index is 0.0431. The minimum atomic E-state index is -0.762. The quantitative estimate of drug-likeness (QED) is 0.927. The first kappa shape index (κ1) is 16.3. The van der Waals surface area contributed by atoms with E-state index in [1.165, 1.54) is 0 Å². The highest BCUT2D eigenvalue weighted by atomic mass is 16.5. The molecule has 0 bridgehead atoms. The molecule has 1 aromatic rings. The third kappa shape index (κ3) is 3.24. The van der Waals surface area contributed by atoms with Crippen LogP contribution in [-0.4, -0.2) is 42.1 Å². The van der Waals surface area contributed by atoms with Crippen molar-refractivity contribution < 1.29 is 19.4 Å². The number of piperidine rings is 1. The van der Waals surface area contributed by atoms with Gasteiger partial charge in [-0.25, -0.2) is 0 Å². The molecule has 1 N–H and O–H groups in total. The number of carboxylic acids is 1. The summed E-state index contributed by atoms with van der Waals surface area (Å²) in [4.78, 5) is 25.6. The molecular formula is C17H23NO4. The van der Waals surface area contributed by atoms with Gasteiger partial charge in [-0.2, -0.15) is 0 Å². The molecule has 0 atom stereocenters. The summed E-state index contributed by atoms with van der Waals surface area (Å²) >= 11 is 0. The smallest absolute Gasteiger partial charge is 0.306 e. The summed E-state index contributed by atoms with van der Waals surface area (Å²) in [7, 11) is 1.61. The highest BCUT2D eigenvalue weighted by Gasteiger charge is 2.36. The van der Waals surface area contributed by atoms with Gasteiger partial charge in [0.2, 0.25) is 5.91 Å². The number of benzene rings is 1. The topological polar surface area (TPSA) is 66.8 Å². The van der Waals surface area contributed by atoms with E-state index in [0.717, 1.165) is 11.3 Å². The Morgan fingerprint density at radius 1 is 1.18 bits per heavy atom. The zero-order valence-corrected chi connectivity index (χ0v) is 13.3. The lowest BCUT2D eigenvalue weighted by Crippen LogP contribution is -2.47. The SMILES string of the molecule is COc1ccc(C(C)(C)C(=O)N2CCC(C(=O)O)CC2)cc1. The molecule has 1 saturated heterocycles. The van der Waals surface area contributed by atoms with Gasteiger partial charge in [0.15, 0.2) is 0 Å². The first-order valence-corrected chi connectivity index (χ1v) is 7.53. The van der Waals surface area contributed by atoms with Gasteiger partial charge in [0.25, 0.3) is 0 Å². The first-order chi connectivity index (χ1) is 10.4. The monoisotopic (exact) mass is 305 g/mol. The second-order valence-electron chi connectivity index (χ2n) is 6.26. The largest absolute Gasteiger partial charge is 0.497 e. The van der Waals surface area contributed by atoms with Gasteiger partial charge in [-0.1, -0.05) is 12.1 Å². The third-order valence-electron chi connectivity index (χ3n) is 4.48. The molecule has 0 radical (unpaired) electrons. The fourth-order valence-corrected chi connectivity index (χ4v) is 2.86. The Balaban J connectivity index is 2.08. The van der Waals surface area contributed by atoms with Crippen LogP contribution in [0.4, 0.5) is 0 Å². The van der Waals surface area contributed by atoms with Crippen molar-refractivity contribution in [2.75, 3.05) is 20.2 Å². The zero-order chi connectivity index (χ0) is 16.3. The number of methoxy groups -OCH3 is 1. The fraction of sp³-hybridized carbons (Fsp3) is 0.529. The highest BCUT2D eigenvalue weighted by molar-refractivity contribution is 5.87. The Morgan fingerprint density at radius 2 is 1.73 bits per heavy atom. The van der Waals surface area contributed by atoms with E-state index < -0.39 is 11.4 Å². The number of nitrogens with zero attached hydrogens (tertiary/aromatic N) is 1.